The highest BCUT2D eigenvalue weighted by Gasteiger charge is 2.52. The highest BCUT2D eigenvalue weighted by Crippen LogP contribution is 2.46. The predicted molar refractivity (Wildman–Crippen MR) is 117 cm³/mol. The molecule has 0 aromatic carbocycles. The third-order valence-electron chi connectivity index (χ3n) is 5.38. The van der Waals surface area contributed by atoms with Gasteiger partial charge in [-0.05, 0) is 40.0 Å². The van der Waals surface area contributed by atoms with Crippen molar-refractivity contribution in [3.05, 3.63) is 12.2 Å². The van der Waals surface area contributed by atoms with E-state index in [1.165, 1.54) is 51.4 Å². The molecule has 0 aliphatic carbocycles. The number of hydrogen-bond donors (Lipinski definition) is 0. The lowest BCUT2D eigenvalue weighted by Crippen LogP contribution is -2.54. The van der Waals surface area contributed by atoms with E-state index in [0.29, 0.717) is 19.8 Å². The van der Waals surface area contributed by atoms with E-state index in [0.717, 1.165) is 19.3 Å². The van der Waals surface area contributed by atoms with Crippen LogP contribution in [-0.2, 0) is 14.2 Å². The van der Waals surface area contributed by atoms with Crippen LogP contribution in [0.2, 0.25) is 0 Å². The number of unbranched alkanes of at least 4 members (excludes halogenated alkanes) is 7. The molecule has 0 N–H and O–H groups in total. The zero-order valence-electron chi connectivity index (χ0n) is 19.3. The minimum Gasteiger partial charge on any atom is -0.327 e. The van der Waals surface area contributed by atoms with Gasteiger partial charge in [0.2, 0.25) is 0 Å². The Labute approximate surface area is 170 Å². The normalized spacial score (nSPS) is 14.7. The Bertz CT molecular complexity index is 337. The van der Waals surface area contributed by atoms with Crippen LogP contribution < -0.4 is 0 Å². The summed E-state index contributed by atoms with van der Waals surface area (Å²) in [5.41, 5.74) is -0.243. The summed E-state index contributed by atoms with van der Waals surface area (Å²) >= 11 is 0. The standard InChI is InChI=1S/C24H48O3/c1-7-13-15-17-18-20-22-23(9-3,21-19-16-14-8-2)24(25-10-4,26-11-5)27-12-6/h19,21H,7-18,20,22H2,1-6H3. The van der Waals surface area contributed by atoms with Gasteiger partial charge in [-0.15, -0.1) is 0 Å². The minimum atomic E-state index is -0.980. The molecule has 0 aliphatic rings. The van der Waals surface area contributed by atoms with Crippen molar-refractivity contribution in [3.8, 4) is 0 Å². The number of hydrogen-bond acceptors (Lipinski definition) is 3. The van der Waals surface area contributed by atoms with E-state index in [-0.39, 0.29) is 5.41 Å². The molecule has 27 heavy (non-hydrogen) atoms. The molecule has 0 rings (SSSR count). The van der Waals surface area contributed by atoms with Crippen molar-refractivity contribution in [1.82, 2.24) is 0 Å². The SMILES string of the molecule is CCCCC=CC(CC)(CCCCCCCC)C(OCC)(OCC)OCC. The summed E-state index contributed by atoms with van der Waals surface area (Å²) in [6, 6.07) is 0. The van der Waals surface area contributed by atoms with Crippen molar-refractivity contribution in [1.29, 1.82) is 0 Å². The topological polar surface area (TPSA) is 27.7 Å². The quantitative estimate of drug-likeness (QED) is 0.130. The van der Waals surface area contributed by atoms with E-state index in [9.17, 15) is 0 Å². The third kappa shape index (κ3) is 9.11. The van der Waals surface area contributed by atoms with Crippen LogP contribution in [0.1, 0.15) is 112 Å². The molecule has 1 unspecified atom stereocenters. The second-order valence-corrected chi connectivity index (χ2v) is 7.43. The summed E-state index contributed by atoms with van der Waals surface area (Å²) < 4.78 is 18.7. The van der Waals surface area contributed by atoms with E-state index in [4.69, 9.17) is 14.2 Å². The zero-order valence-corrected chi connectivity index (χ0v) is 19.3. The zero-order chi connectivity index (χ0) is 20.4. The third-order valence-corrected chi connectivity index (χ3v) is 5.38. The maximum absolute atomic E-state index is 6.22. The molecule has 1 atom stereocenters. The van der Waals surface area contributed by atoms with Crippen LogP contribution in [0.5, 0.6) is 0 Å². The van der Waals surface area contributed by atoms with Gasteiger partial charge in [-0.25, -0.2) is 0 Å². The van der Waals surface area contributed by atoms with Crippen LogP contribution in [0.4, 0.5) is 0 Å². The molecule has 0 fully saturated rings. The van der Waals surface area contributed by atoms with Crippen LogP contribution >= 0.6 is 0 Å². The molecule has 0 spiro atoms. The summed E-state index contributed by atoms with van der Waals surface area (Å²) in [6.45, 7) is 14.6. The molecule has 0 heterocycles. The highest BCUT2D eigenvalue weighted by molar-refractivity contribution is 5.05. The van der Waals surface area contributed by atoms with E-state index < -0.39 is 5.97 Å². The monoisotopic (exact) mass is 384 g/mol. The fourth-order valence-electron chi connectivity index (χ4n) is 3.83. The van der Waals surface area contributed by atoms with E-state index >= 15 is 0 Å². The van der Waals surface area contributed by atoms with Gasteiger partial charge in [-0.1, -0.05) is 84.3 Å². The van der Waals surface area contributed by atoms with E-state index in [1.54, 1.807) is 0 Å². The van der Waals surface area contributed by atoms with Crippen molar-refractivity contribution in [2.24, 2.45) is 5.41 Å². The summed E-state index contributed by atoms with van der Waals surface area (Å²) in [4.78, 5) is 0. The highest BCUT2D eigenvalue weighted by atomic mass is 16.9. The Balaban J connectivity index is 5.47. The molecule has 0 saturated carbocycles. The van der Waals surface area contributed by atoms with E-state index in [2.05, 4.69) is 32.9 Å². The Morgan fingerprint density at radius 1 is 0.630 bits per heavy atom. The molecule has 0 aromatic heterocycles. The molecule has 0 aromatic rings. The number of rotatable bonds is 19. The Morgan fingerprint density at radius 3 is 1.63 bits per heavy atom. The van der Waals surface area contributed by atoms with Crippen LogP contribution in [0.3, 0.4) is 0 Å². The van der Waals surface area contributed by atoms with Gasteiger partial charge in [0.1, 0.15) is 0 Å². The van der Waals surface area contributed by atoms with Gasteiger partial charge < -0.3 is 14.2 Å². The Hall–Kier alpha value is -0.380. The van der Waals surface area contributed by atoms with Crippen molar-refractivity contribution in [2.45, 2.75) is 118 Å². The number of ether oxygens (including phenoxy) is 3. The van der Waals surface area contributed by atoms with Gasteiger partial charge in [-0.3, -0.25) is 0 Å². The Morgan fingerprint density at radius 2 is 1.15 bits per heavy atom. The number of allylic oxidation sites excluding steroid dienone is 1. The summed E-state index contributed by atoms with van der Waals surface area (Å²) in [6.07, 6.45) is 18.0. The maximum Gasteiger partial charge on any atom is 0.292 e. The molecule has 3 nitrogen and oxygen atoms in total. The van der Waals surface area contributed by atoms with Gasteiger partial charge in [0.25, 0.3) is 5.97 Å². The molecule has 3 heteroatoms. The van der Waals surface area contributed by atoms with Gasteiger partial charge >= 0.3 is 0 Å². The van der Waals surface area contributed by atoms with Crippen molar-refractivity contribution >= 4 is 0 Å². The van der Waals surface area contributed by atoms with Crippen molar-refractivity contribution < 1.29 is 14.2 Å². The largest absolute Gasteiger partial charge is 0.327 e. The predicted octanol–water partition coefficient (Wildman–Crippen LogP) is 7.64. The molecular weight excluding hydrogens is 336 g/mol. The van der Waals surface area contributed by atoms with Crippen LogP contribution in [0, 0.1) is 5.41 Å². The summed E-state index contributed by atoms with van der Waals surface area (Å²) in [5, 5.41) is 0. The first-order valence-corrected chi connectivity index (χ1v) is 11.7. The smallest absolute Gasteiger partial charge is 0.292 e. The van der Waals surface area contributed by atoms with Gasteiger partial charge in [0.05, 0.1) is 5.41 Å². The fourth-order valence-corrected chi connectivity index (χ4v) is 3.83. The summed E-state index contributed by atoms with van der Waals surface area (Å²) in [5.74, 6) is -0.980. The van der Waals surface area contributed by atoms with Crippen LogP contribution in [0.15, 0.2) is 12.2 Å². The average Bonchev–Trinajstić information content (AvgIpc) is 2.67. The lowest BCUT2D eigenvalue weighted by molar-refractivity contribution is -0.420. The molecule has 162 valence electrons. The maximum atomic E-state index is 6.22. The van der Waals surface area contributed by atoms with Gasteiger partial charge in [0, 0.05) is 19.8 Å². The minimum absolute atomic E-state index is 0.243. The second-order valence-electron chi connectivity index (χ2n) is 7.43. The lowest BCUT2D eigenvalue weighted by atomic mass is 9.76. The molecule has 0 saturated heterocycles. The van der Waals surface area contributed by atoms with Gasteiger partial charge in [0.15, 0.2) is 0 Å². The van der Waals surface area contributed by atoms with Crippen molar-refractivity contribution in [2.75, 3.05) is 19.8 Å². The first-order valence-electron chi connectivity index (χ1n) is 11.7. The molecule has 0 amide bonds. The molecular formula is C24H48O3. The Kier molecular flexibility index (Phi) is 16.3. The lowest BCUT2D eigenvalue weighted by Gasteiger charge is -2.47. The van der Waals surface area contributed by atoms with Crippen molar-refractivity contribution in [3.63, 3.8) is 0 Å². The first-order chi connectivity index (χ1) is 13.1. The van der Waals surface area contributed by atoms with Gasteiger partial charge in [-0.2, -0.15) is 0 Å². The molecule has 0 radical (unpaired) electrons. The molecule has 0 aliphatic heterocycles. The average molecular weight is 385 g/mol. The van der Waals surface area contributed by atoms with Crippen LogP contribution in [-0.4, -0.2) is 25.8 Å². The van der Waals surface area contributed by atoms with E-state index in [1.807, 2.05) is 20.8 Å². The second kappa shape index (κ2) is 16.6. The molecule has 0 bridgehead atoms. The van der Waals surface area contributed by atoms with Crippen LogP contribution in [0.25, 0.3) is 0 Å². The first kappa shape index (κ1) is 26.6. The summed E-state index contributed by atoms with van der Waals surface area (Å²) in [7, 11) is 0. The fraction of sp³-hybridized carbons (Fsp3) is 0.917.